The number of benzene rings is 1. The van der Waals surface area contributed by atoms with Gasteiger partial charge >= 0.3 is 0 Å². The van der Waals surface area contributed by atoms with E-state index in [-0.39, 0.29) is 0 Å². The molecule has 0 bridgehead atoms. The third kappa shape index (κ3) is 4.02. The van der Waals surface area contributed by atoms with Crippen LogP contribution in [0.25, 0.3) is 17.1 Å². The van der Waals surface area contributed by atoms with Crippen LogP contribution in [0.1, 0.15) is 11.1 Å². The molecule has 3 heterocycles. The van der Waals surface area contributed by atoms with Crippen LogP contribution < -0.4 is 15.8 Å². The predicted octanol–water partition coefficient (Wildman–Crippen LogP) is 2.99. The first-order chi connectivity index (χ1) is 13.7. The van der Waals surface area contributed by atoms with E-state index < -0.39 is 0 Å². The number of anilines is 2. The number of nitrogens with one attached hydrogen (secondary N) is 2. The fourth-order valence-corrected chi connectivity index (χ4v) is 2.84. The van der Waals surface area contributed by atoms with Gasteiger partial charge in [0, 0.05) is 26.0 Å². The summed E-state index contributed by atoms with van der Waals surface area (Å²) in [5, 5.41) is 8.12. The fourth-order valence-electron chi connectivity index (χ4n) is 2.84. The standard InChI is InChI=1S/C20H21N7O/c1-27-12-16(11-23-27)24-20-25-18-17(7-9-22-18)19(26-20)28-13-15-5-2-4-14(10-15)6-3-8-21/h2-7,9-12H,8,13,21H2,1H3,(H2,22,24,25,26). The van der Waals surface area contributed by atoms with Gasteiger partial charge in [-0.2, -0.15) is 15.1 Å². The van der Waals surface area contributed by atoms with Gasteiger partial charge in [0.2, 0.25) is 11.8 Å². The molecular weight excluding hydrogens is 354 g/mol. The van der Waals surface area contributed by atoms with Crippen molar-refractivity contribution >= 4 is 28.7 Å². The highest BCUT2D eigenvalue weighted by molar-refractivity contribution is 5.82. The number of fused-ring (bicyclic) bond motifs is 1. The maximum absolute atomic E-state index is 6.03. The number of hydrogen-bond donors (Lipinski definition) is 3. The Labute approximate surface area is 162 Å². The van der Waals surface area contributed by atoms with E-state index in [0.717, 1.165) is 22.2 Å². The smallest absolute Gasteiger partial charge is 0.232 e. The van der Waals surface area contributed by atoms with Crippen molar-refractivity contribution in [2.75, 3.05) is 11.9 Å². The number of hydrogen-bond acceptors (Lipinski definition) is 6. The van der Waals surface area contributed by atoms with Crippen LogP contribution >= 0.6 is 0 Å². The minimum absolute atomic E-state index is 0.397. The molecule has 4 aromatic rings. The molecule has 0 saturated carbocycles. The number of ether oxygens (including phenoxy) is 1. The average molecular weight is 375 g/mol. The number of aromatic amines is 1. The van der Waals surface area contributed by atoms with Crippen molar-refractivity contribution in [3.63, 3.8) is 0 Å². The van der Waals surface area contributed by atoms with Crippen molar-refractivity contribution in [1.29, 1.82) is 0 Å². The van der Waals surface area contributed by atoms with Crippen molar-refractivity contribution < 1.29 is 4.74 Å². The average Bonchev–Trinajstić information content (AvgIpc) is 3.33. The van der Waals surface area contributed by atoms with Crippen molar-refractivity contribution in [3.05, 3.63) is 66.1 Å². The summed E-state index contributed by atoms with van der Waals surface area (Å²) < 4.78 is 7.73. The Kier molecular flexibility index (Phi) is 5.03. The van der Waals surface area contributed by atoms with Crippen LogP contribution in [0.2, 0.25) is 0 Å². The molecule has 142 valence electrons. The first kappa shape index (κ1) is 17.7. The number of nitrogens with zero attached hydrogens (tertiary/aromatic N) is 4. The third-order valence-electron chi connectivity index (χ3n) is 4.11. The Balaban J connectivity index is 1.56. The van der Waals surface area contributed by atoms with Crippen LogP contribution in [0.3, 0.4) is 0 Å². The van der Waals surface area contributed by atoms with Crippen LogP contribution in [-0.4, -0.2) is 31.3 Å². The minimum atomic E-state index is 0.397. The fraction of sp³-hybridized carbons (Fsp3) is 0.150. The number of nitrogens with two attached hydrogens (primary N) is 1. The second-order valence-electron chi connectivity index (χ2n) is 6.29. The lowest BCUT2D eigenvalue weighted by molar-refractivity contribution is 0.298. The zero-order valence-corrected chi connectivity index (χ0v) is 15.5. The molecule has 28 heavy (non-hydrogen) atoms. The lowest BCUT2D eigenvalue weighted by Crippen LogP contribution is -2.02. The van der Waals surface area contributed by atoms with Crippen LogP contribution in [0, 0.1) is 0 Å². The Morgan fingerprint density at radius 2 is 2.21 bits per heavy atom. The van der Waals surface area contributed by atoms with Crippen LogP contribution in [0.5, 0.6) is 5.88 Å². The van der Waals surface area contributed by atoms with E-state index in [1.54, 1.807) is 10.9 Å². The SMILES string of the molecule is Cn1cc(Nc2nc(OCc3cccc(C=CCN)c3)c3cc[nH]c3n2)cn1. The molecule has 0 amide bonds. The highest BCUT2D eigenvalue weighted by Gasteiger charge is 2.11. The topological polar surface area (TPSA) is 107 Å². The Morgan fingerprint density at radius 3 is 3.04 bits per heavy atom. The van der Waals surface area contributed by atoms with Gasteiger partial charge < -0.3 is 20.8 Å². The molecule has 4 N–H and O–H groups in total. The van der Waals surface area contributed by atoms with Gasteiger partial charge in [-0.15, -0.1) is 0 Å². The lowest BCUT2D eigenvalue weighted by atomic mass is 10.1. The van der Waals surface area contributed by atoms with Crippen molar-refractivity contribution in [3.8, 4) is 5.88 Å². The summed E-state index contributed by atoms with van der Waals surface area (Å²) in [6.07, 6.45) is 9.29. The summed E-state index contributed by atoms with van der Waals surface area (Å²) in [7, 11) is 1.85. The number of aromatic nitrogens is 5. The van der Waals surface area contributed by atoms with E-state index in [9.17, 15) is 0 Å². The van der Waals surface area contributed by atoms with E-state index in [2.05, 4.69) is 31.4 Å². The maximum atomic E-state index is 6.03. The number of aryl methyl sites for hydroxylation is 1. The lowest BCUT2D eigenvalue weighted by Gasteiger charge is -2.09. The molecule has 0 saturated heterocycles. The molecule has 0 aliphatic rings. The van der Waals surface area contributed by atoms with E-state index in [0.29, 0.717) is 30.6 Å². The van der Waals surface area contributed by atoms with Gasteiger partial charge in [-0.25, -0.2) is 0 Å². The molecular formula is C20H21N7O. The molecule has 8 heteroatoms. The highest BCUT2D eigenvalue weighted by atomic mass is 16.5. The van der Waals surface area contributed by atoms with E-state index in [1.165, 1.54) is 0 Å². The zero-order chi connectivity index (χ0) is 19.3. The van der Waals surface area contributed by atoms with Crippen molar-refractivity contribution in [1.82, 2.24) is 24.7 Å². The largest absolute Gasteiger partial charge is 0.472 e. The summed E-state index contributed by atoms with van der Waals surface area (Å²) in [5.41, 5.74) is 9.16. The van der Waals surface area contributed by atoms with Gasteiger partial charge in [0.15, 0.2) is 0 Å². The quantitative estimate of drug-likeness (QED) is 0.458. The van der Waals surface area contributed by atoms with Crippen LogP contribution in [0.4, 0.5) is 11.6 Å². The molecule has 0 radical (unpaired) electrons. The maximum Gasteiger partial charge on any atom is 0.232 e. The summed E-state index contributed by atoms with van der Waals surface area (Å²) in [4.78, 5) is 12.1. The molecule has 0 unspecified atom stereocenters. The Bertz CT molecular complexity index is 1110. The van der Waals surface area contributed by atoms with Crippen molar-refractivity contribution in [2.24, 2.45) is 12.8 Å². The van der Waals surface area contributed by atoms with Gasteiger partial charge in [-0.05, 0) is 23.3 Å². The van der Waals surface area contributed by atoms with E-state index in [1.807, 2.05) is 55.9 Å². The molecule has 0 atom stereocenters. The Hall–Kier alpha value is -3.65. The van der Waals surface area contributed by atoms with Crippen LogP contribution in [-0.2, 0) is 13.7 Å². The summed E-state index contributed by atoms with van der Waals surface area (Å²) >= 11 is 0. The number of H-pyrrole nitrogens is 1. The van der Waals surface area contributed by atoms with Gasteiger partial charge in [-0.1, -0.05) is 30.4 Å². The summed E-state index contributed by atoms with van der Waals surface area (Å²) in [6, 6.07) is 10.0. The van der Waals surface area contributed by atoms with Gasteiger partial charge in [-0.3, -0.25) is 4.68 Å². The molecule has 0 aliphatic carbocycles. The molecule has 0 fully saturated rings. The Morgan fingerprint density at radius 1 is 1.29 bits per heavy atom. The minimum Gasteiger partial charge on any atom is -0.472 e. The van der Waals surface area contributed by atoms with Gasteiger partial charge in [0.1, 0.15) is 12.3 Å². The third-order valence-corrected chi connectivity index (χ3v) is 4.11. The first-order valence-corrected chi connectivity index (χ1v) is 8.90. The normalized spacial score (nSPS) is 11.4. The van der Waals surface area contributed by atoms with Gasteiger partial charge in [0.05, 0.1) is 17.3 Å². The number of rotatable bonds is 7. The molecule has 1 aromatic carbocycles. The molecule has 8 nitrogen and oxygen atoms in total. The summed E-state index contributed by atoms with van der Waals surface area (Å²) in [6.45, 7) is 0.910. The molecule has 3 aromatic heterocycles. The summed E-state index contributed by atoms with van der Waals surface area (Å²) in [5.74, 6) is 0.957. The van der Waals surface area contributed by atoms with Crippen molar-refractivity contribution in [2.45, 2.75) is 6.61 Å². The highest BCUT2D eigenvalue weighted by Crippen LogP contribution is 2.25. The van der Waals surface area contributed by atoms with Gasteiger partial charge in [0.25, 0.3) is 0 Å². The molecule has 0 spiro atoms. The zero-order valence-electron chi connectivity index (χ0n) is 15.5. The molecule has 0 aliphatic heterocycles. The van der Waals surface area contributed by atoms with Crippen LogP contribution in [0.15, 0.2) is 55.0 Å². The van der Waals surface area contributed by atoms with E-state index in [4.69, 9.17) is 10.5 Å². The molecule has 4 rings (SSSR count). The predicted molar refractivity (Wildman–Crippen MR) is 109 cm³/mol. The first-order valence-electron chi connectivity index (χ1n) is 8.90. The second kappa shape index (κ2) is 7.93. The van der Waals surface area contributed by atoms with E-state index >= 15 is 0 Å². The monoisotopic (exact) mass is 375 g/mol. The second-order valence-corrected chi connectivity index (χ2v) is 6.29.